The lowest BCUT2D eigenvalue weighted by molar-refractivity contribution is -0.126. The second-order valence-corrected chi connectivity index (χ2v) is 7.91. The van der Waals surface area contributed by atoms with Crippen molar-refractivity contribution in [1.82, 2.24) is 15.3 Å². The van der Waals surface area contributed by atoms with E-state index >= 15 is 0 Å². The third kappa shape index (κ3) is 3.61. The van der Waals surface area contributed by atoms with E-state index in [9.17, 15) is 4.79 Å². The molecule has 2 atom stereocenters. The quantitative estimate of drug-likeness (QED) is 0.731. The number of fused-ring (bicyclic) bond motifs is 3. The van der Waals surface area contributed by atoms with Crippen molar-refractivity contribution in [2.75, 3.05) is 29.4 Å². The predicted octanol–water partition coefficient (Wildman–Crippen LogP) is 2.66. The topological polar surface area (TPSA) is 61.4 Å². The van der Waals surface area contributed by atoms with Crippen LogP contribution in [0.25, 0.3) is 0 Å². The van der Waals surface area contributed by atoms with Crippen LogP contribution in [0.1, 0.15) is 11.1 Å². The maximum Gasteiger partial charge on any atom is 0.225 e. The minimum Gasteiger partial charge on any atom is -0.364 e. The smallest absolute Gasteiger partial charge is 0.225 e. The summed E-state index contributed by atoms with van der Waals surface area (Å²) in [5, 5.41) is 3.16. The minimum atomic E-state index is -0.103. The van der Waals surface area contributed by atoms with Crippen LogP contribution in [0.15, 0.2) is 73.2 Å². The normalized spacial score (nSPS) is 20.3. The number of nitrogens with one attached hydrogen (secondary N) is 1. The Hall–Kier alpha value is -3.41. The van der Waals surface area contributed by atoms with Crippen molar-refractivity contribution in [3.05, 3.63) is 84.3 Å². The number of carbonyl (C=O) groups is 1. The molecule has 5 rings (SSSR count). The van der Waals surface area contributed by atoms with Gasteiger partial charge < -0.3 is 15.1 Å². The zero-order chi connectivity index (χ0) is 20.3. The van der Waals surface area contributed by atoms with Crippen LogP contribution >= 0.6 is 0 Å². The third-order valence-electron chi connectivity index (χ3n) is 6.15. The molecule has 6 nitrogen and oxygen atoms in total. The predicted molar refractivity (Wildman–Crippen MR) is 117 cm³/mol. The molecule has 0 spiro atoms. The van der Waals surface area contributed by atoms with Crippen molar-refractivity contribution in [2.45, 2.75) is 19.0 Å². The molecular weight excluding hydrogens is 374 g/mol. The van der Waals surface area contributed by atoms with Crippen LogP contribution in [0.5, 0.6) is 0 Å². The van der Waals surface area contributed by atoms with Gasteiger partial charge in [0.05, 0.1) is 12.0 Å². The number of rotatable bonds is 4. The lowest BCUT2D eigenvalue weighted by Gasteiger charge is -2.49. The van der Waals surface area contributed by atoms with E-state index in [0.717, 1.165) is 37.4 Å². The van der Waals surface area contributed by atoms with Crippen molar-refractivity contribution >= 4 is 17.4 Å². The molecule has 2 aliphatic rings. The number of anilines is 2. The van der Waals surface area contributed by atoms with Crippen molar-refractivity contribution < 1.29 is 4.79 Å². The van der Waals surface area contributed by atoms with Crippen LogP contribution in [0, 0.1) is 5.92 Å². The highest BCUT2D eigenvalue weighted by Gasteiger charge is 2.41. The Kier molecular flexibility index (Phi) is 5.05. The Balaban J connectivity index is 1.39. The monoisotopic (exact) mass is 399 g/mol. The molecule has 0 aliphatic carbocycles. The van der Waals surface area contributed by atoms with E-state index in [-0.39, 0.29) is 17.9 Å². The number of piperazine rings is 1. The summed E-state index contributed by atoms with van der Waals surface area (Å²) < 4.78 is 0. The molecule has 152 valence electrons. The summed E-state index contributed by atoms with van der Waals surface area (Å²) in [5.41, 5.74) is 3.58. The molecule has 2 unspecified atom stereocenters. The summed E-state index contributed by atoms with van der Waals surface area (Å²) in [4.78, 5) is 26.6. The van der Waals surface area contributed by atoms with E-state index in [1.165, 1.54) is 11.3 Å². The first-order chi connectivity index (χ1) is 14.8. The molecule has 0 saturated carbocycles. The summed E-state index contributed by atoms with van der Waals surface area (Å²) in [6.45, 7) is 3.09. The molecule has 6 heteroatoms. The molecule has 0 radical (unpaired) electrons. The zero-order valence-electron chi connectivity index (χ0n) is 16.8. The van der Waals surface area contributed by atoms with Gasteiger partial charge >= 0.3 is 0 Å². The van der Waals surface area contributed by atoms with Crippen LogP contribution < -0.4 is 15.1 Å². The molecule has 1 aromatic carbocycles. The summed E-state index contributed by atoms with van der Waals surface area (Å²) in [6.07, 6.45) is 6.10. The fraction of sp³-hybridized carbons (Fsp3) is 0.292. The maximum absolute atomic E-state index is 13.3. The van der Waals surface area contributed by atoms with Crippen LogP contribution in [-0.2, 0) is 17.8 Å². The Bertz CT molecular complexity index is 1010. The van der Waals surface area contributed by atoms with Crippen molar-refractivity contribution in [2.24, 2.45) is 5.92 Å². The molecular formula is C24H25N5O. The van der Waals surface area contributed by atoms with Gasteiger partial charge in [0, 0.05) is 50.5 Å². The van der Waals surface area contributed by atoms with Crippen LogP contribution in [0.2, 0.25) is 0 Å². The summed E-state index contributed by atoms with van der Waals surface area (Å²) in [6, 6.07) is 18.5. The van der Waals surface area contributed by atoms with Gasteiger partial charge in [-0.05, 0) is 47.9 Å². The lowest BCUT2D eigenvalue weighted by atomic mass is 9.83. The molecule has 1 saturated heterocycles. The van der Waals surface area contributed by atoms with Gasteiger partial charge in [0.2, 0.25) is 5.91 Å². The van der Waals surface area contributed by atoms with E-state index in [1.807, 2.05) is 36.5 Å². The molecule has 30 heavy (non-hydrogen) atoms. The number of aromatic nitrogens is 2. The largest absolute Gasteiger partial charge is 0.364 e. The number of para-hydroxylation sites is 1. The number of hydrogen-bond acceptors (Lipinski definition) is 5. The first kappa shape index (κ1) is 18.6. The van der Waals surface area contributed by atoms with E-state index in [4.69, 9.17) is 0 Å². The number of carbonyl (C=O) groups excluding carboxylic acids is 1. The molecule has 2 aliphatic heterocycles. The summed E-state index contributed by atoms with van der Waals surface area (Å²) >= 11 is 0. The Morgan fingerprint density at radius 1 is 1.00 bits per heavy atom. The average Bonchev–Trinajstić information content (AvgIpc) is 2.83. The van der Waals surface area contributed by atoms with Crippen molar-refractivity contribution in [3.63, 3.8) is 0 Å². The highest BCUT2D eigenvalue weighted by atomic mass is 16.1. The van der Waals surface area contributed by atoms with E-state index < -0.39 is 0 Å². The summed E-state index contributed by atoms with van der Waals surface area (Å²) in [7, 11) is 0. The number of benzene rings is 1. The number of amides is 1. The second-order valence-electron chi connectivity index (χ2n) is 7.91. The maximum atomic E-state index is 13.3. The first-order valence-electron chi connectivity index (χ1n) is 10.5. The molecule has 1 N–H and O–H groups in total. The zero-order valence-corrected chi connectivity index (χ0v) is 16.8. The van der Waals surface area contributed by atoms with Gasteiger partial charge in [0.15, 0.2) is 0 Å². The Labute approximate surface area is 176 Å². The van der Waals surface area contributed by atoms with Gasteiger partial charge in [0.25, 0.3) is 0 Å². The van der Waals surface area contributed by atoms with Gasteiger partial charge in [0.1, 0.15) is 5.82 Å². The van der Waals surface area contributed by atoms with Gasteiger partial charge in [-0.15, -0.1) is 0 Å². The third-order valence-corrected chi connectivity index (χ3v) is 6.15. The van der Waals surface area contributed by atoms with E-state index in [2.05, 4.69) is 49.4 Å². The van der Waals surface area contributed by atoms with E-state index in [1.54, 1.807) is 12.4 Å². The lowest BCUT2D eigenvalue weighted by Crippen LogP contribution is -2.61. The standard InChI is InChI=1S/C24H25N5O/c30-24(27-16-18-8-11-25-12-9-18)20-15-19-5-1-2-6-21(19)29-14-13-28(17-22(20)29)23-7-3-4-10-26-23/h1-12,20,22H,13-17H2,(H,27,30). The number of pyridine rings is 2. The number of nitrogens with zero attached hydrogens (tertiary/aromatic N) is 4. The Morgan fingerprint density at radius 2 is 1.83 bits per heavy atom. The van der Waals surface area contributed by atoms with Crippen LogP contribution in [-0.4, -0.2) is 41.6 Å². The second kappa shape index (κ2) is 8.14. The van der Waals surface area contributed by atoms with Gasteiger partial charge in [-0.1, -0.05) is 24.3 Å². The van der Waals surface area contributed by atoms with Crippen LogP contribution in [0.3, 0.4) is 0 Å². The highest BCUT2D eigenvalue weighted by Crippen LogP contribution is 2.36. The molecule has 4 heterocycles. The molecule has 3 aromatic rings. The molecule has 0 bridgehead atoms. The van der Waals surface area contributed by atoms with Crippen molar-refractivity contribution in [1.29, 1.82) is 0 Å². The van der Waals surface area contributed by atoms with Gasteiger partial charge in [-0.2, -0.15) is 0 Å². The Morgan fingerprint density at radius 3 is 2.67 bits per heavy atom. The fourth-order valence-electron chi connectivity index (χ4n) is 4.63. The SMILES string of the molecule is O=C(NCc1ccncc1)C1Cc2ccccc2N2CCN(c3ccccn3)CC12. The highest BCUT2D eigenvalue weighted by molar-refractivity contribution is 5.82. The van der Waals surface area contributed by atoms with Crippen LogP contribution in [0.4, 0.5) is 11.5 Å². The molecule has 1 amide bonds. The van der Waals surface area contributed by atoms with E-state index in [0.29, 0.717) is 6.54 Å². The molecule has 2 aromatic heterocycles. The van der Waals surface area contributed by atoms with Gasteiger partial charge in [-0.3, -0.25) is 9.78 Å². The minimum absolute atomic E-state index is 0.103. The summed E-state index contributed by atoms with van der Waals surface area (Å²) in [5.74, 6) is 0.986. The first-order valence-corrected chi connectivity index (χ1v) is 10.5. The fourth-order valence-corrected chi connectivity index (χ4v) is 4.63. The van der Waals surface area contributed by atoms with Crippen molar-refractivity contribution in [3.8, 4) is 0 Å². The average molecular weight is 399 g/mol. The van der Waals surface area contributed by atoms with Gasteiger partial charge in [-0.25, -0.2) is 4.98 Å². The molecule has 1 fully saturated rings. The number of hydrogen-bond donors (Lipinski definition) is 1.